The molecule has 2 heterocycles. The van der Waals surface area contributed by atoms with Crippen molar-refractivity contribution in [3.8, 4) is 0 Å². The Kier molecular flexibility index (Phi) is 4.96. The number of fused-ring (bicyclic) bond motifs is 1. The summed E-state index contributed by atoms with van der Waals surface area (Å²) in [5.74, 6) is -0.151. The Morgan fingerprint density at radius 3 is 2.41 bits per heavy atom. The lowest BCUT2D eigenvalue weighted by Crippen LogP contribution is -2.48. The maximum Gasteiger partial charge on any atom is 0.273 e. The number of piperazine rings is 1. The Bertz CT molecular complexity index is 1080. The number of carbonyl (C=O) groups is 1. The van der Waals surface area contributed by atoms with E-state index in [9.17, 15) is 14.9 Å². The third-order valence-electron chi connectivity index (χ3n) is 5.50. The van der Waals surface area contributed by atoms with Gasteiger partial charge in [-0.1, -0.05) is 29.5 Å². The number of nitrogens with zero attached hydrogens (tertiary/aromatic N) is 4. The van der Waals surface area contributed by atoms with Crippen molar-refractivity contribution in [1.82, 2.24) is 9.88 Å². The molecule has 8 heteroatoms. The Labute approximate surface area is 172 Å². The van der Waals surface area contributed by atoms with E-state index in [2.05, 4.69) is 30.9 Å². The Balaban J connectivity index is 1.51. The third-order valence-corrected chi connectivity index (χ3v) is 6.75. The van der Waals surface area contributed by atoms with E-state index < -0.39 is 4.92 Å². The van der Waals surface area contributed by atoms with Crippen molar-refractivity contribution in [3.63, 3.8) is 0 Å². The number of aryl methyl sites for hydroxylation is 2. The summed E-state index contributed by atoms with van der Waals surface area (Å²) < 4.78 is 1.21. The molecule has 0 atom stereocenters. The van der Waals surface area contributed by atoms with E-state index in [1.54, 1.807) is 35.3 Å². The van der Waals surface area contributed by atoms with Gasteiger partial charge in [0.1, 0.15) is 0 Å². The van der Waals surface area contributed by atoms with E-state index in [0.29, 0.717) is 37.3 Å². The van der Waals surface area contributed by atoms with E-state index in [1.165, 1.54) is 21.9 Å². The molecule has 29 heavy (non-hydrogen) atoms. The molecule has 1 amide bonds. The summed E-state index contributed by atoms with van der Waals surface area (Å²) in [5, 5.41) is 12.1. The number of rotatable bonds is 3. The van der Waals surface area contributed by atoms with Crippen LogP contribution in [0.2, 0.25) is 0 Å². The lowest BCUT2D eigenvalue weighted by molar-refractivity contribution is -0.385. The number of nitro benzene ring substituents is 1. The van der Waals surface area contributed by atoms with Crippen molar-refractivity contribution in [3.05, 3.63) is 62.7 Å². The highest BCUT2D eigenvalue weighted by Gasteiger charge is 2.27. The zero-order valence-electron chi connectivity index (χ0n) is 16.6. The summed E-state index contributed by atoms with van der Waals surface area (Å²) in [4.78, 5) is 32.5. The molecule has 0 saturated carbocycles. The van der Waals surface area contributed by atoms with Crippen molar-refractivity contribution in [2.75, 3.05) is 31.1 Å². The first-order valence-corrected chi connectivity index (χ1v) is 10.3. The van der Waals surface area contributed by atoms with Gasteiger partial charge in [-0.25, -0.2) is 4.98 Å². The van der Waals surface area contributed by atoms with Gasteiger partial charge in [-0.2, -0.15) is 0 Å². The van der Waals surface area contributed by atoms with Crippen LogP contribution in [0.5, 0.6) is 0 Å². The van der Waals surface area contributed by atoms with Gasteiger partial charge in [-0.15, -0.1) is 0 Å². The summed E-state index contributed by atoms with van der Waals surface area (Å²) >= 11 is 1.69. The second-order valence-electron chi connectivity index (χ2n) is 7.36. The molecule has 4 rings (SSSR count). The van der Waals surface area contributed by atoms with Crippen LogP contribution in [-0.2, 0) is 0 Å². The fourth-order valence-corrected chi connectivity index (χ4v) is 4.87. The maximum absolute atomic E-state index is 12.9. The number of thiazole rings is 1. The van der Waals surface area contributed by atoms with Crippen LogP contribution in [0.25, 0.3) is 10.2 Å². The summed E-state index contributed by atoms with van der Waals surface area (Å²) in [5.41, 5.74) is 4.25. The average molecular weight is 410 g/mol. The van der Waals surface area contributed by atoms with Crippen LogP contribution in [-0.4, -0.2) is 46.9 Å². The lowest BCUT2D eigenvalue weighted by Gasteiger charge is -2.34. The molecular weight excluding hydrogens is 388 g/mol. The first-order valence-electron chi connectivity index (χ1n) is 9.52. The molecule has 0 spiro atoms. The van der Waals surface area contributed by atoms with Crippen LogP contribution < -0.4 is 4.90 Å². The van der Waals surface area contributed by atoms with Crippen molar-refractivity contribution in [1.29, 1.82) is 0 Å². The molecular formula is C21H22N4O3S. The highest BCUT2D eigenvalue weighted by molar-refractivity contribution is 7.22. The van der Waals surface area contributed by atoms with Crippen LogP contribution in [0.15, 0.2) is 30.3 Å². The topological polar surface area (TPSA) is 79.6 Å². The highest BCUT2D eigenvalue weighted by Crippen LogP contribution is 2.33. The first kappa shape index (κ1) is 19.3. The number of hydrogen-bond donors (Lipinski definition) is 0. The third kappa shape index (κ3) is 3.44. The highest BCUT2D eigenvalue weighted by atomic mass is 32.1. The molecule has 7 nitrogen and oxygen atoms in total. The molecule has 1 saturated heterocycles. The molecule has 150 valence electrons. The molecule has 1 aromatic heterocycles. The number of carbonyl (C=O) groups excluding carboxylic acids is 1. The summed E-state index contributed by atoms with van der Waals surface area (Å²) in [6, 6.07) is 8.88. The fourth-order valence-electron chi connectivity index (χ4n) is 3.71. The van der Waals surface area contributed by atoms with Gasteiger partial charge in [0.05, 0.1) is 15.1 Å². The van der Waals surface area contributed by atoms with Crippen molar-refractivity contribution >= 4 is 38.3 Å². The van der Waals surface area contributed by atoms with Crippen LogP contribution in [0.1, 0.15) is 27.0 Å². The second kappa shape index (κ2) is 7.44. The quantitative estimate of drug-likeness (QED) is 0.480. The molecule has 1 fully saturated rings. The lowest BCUT2D eigenvalue weighted by atomic mass is 10.1. The smallest absolute Gasteiger partial charge is 0.273 e. The number of anilines is 1. The van der Waals surface area contributed by atoms with Crippen molar-refractivity contribution in [2.45, 2.75) is 20.8 Å². The fraction of sp³-hybridized carbons (Fsp3) is 0.333. The minimum atomic E-state index is -0.443. The monoisotopic (exact) mass is 410 g/mol. The Morgan fingerprint density at radius 1 is 1.07 bits per heavy atom. The van der Waals surface area contributed by atoms with Crippen LogP contribution >= 0.6 is 11.3 Å². The van der Waals surface area contributed by atoms with Gasteiger partial charge in [0.25, 0.3) is 11.6 Å². The number of benzene rings is 2. The number of hydrogen-bond acceptors (Lipinski definition) is 6. The minimum absolute atomic E-state index is 0.0188. The second-order valence-corrected chi connectivity index (χ2v) is 8.34. The number of aromatic nitrogens is 1. The average Bonchev–Trinajstić information content (AvgIpc) is 3.17. The molecule has 0 bridgehead atoms. The molecule has 3 aromatic rings. The van der Waals surface area contributed by atoms with Gasteiger partial charge in [-0.05, 0) is 38.0 Å². The van der Waals surface area contributed by atoms with E-state index >= 15 is 0 Å². The van der Waals surface area contributed by atoms with Crippen molar-refractivity contribution in [2.24, 2.45) is 0 Å². The van der Waals surface area contributed by atoms with E-state index in [4.69, 9.17) is 4.98 Å². The van der Waals surface area contributed by atoms with Gasteiger partial charge < -0.3 is 9.80 Å². The van der Waals surface area contributed by atoms with E-state index in [0.717, 1.165) is 10.6 Å². The Morgan fingerprint density at radius 2 is 1.76 bits per heavy atom. The predicted octanol–water partition coefficient (Wildman–Crippen LogP) is 4.09. The molecule has 0 N–H and O–H groups in total. The Hall–Kier alpha value is -3.00. The van der Waals surface area contributed by atoms with Crippen molar-refractivity contribution < 1.29 is 9.72 Å². The maximum atomic E-state index is 12.9. The van der Waals surface area contributed by atoms with Gasteiger partial charge in [-0.3, -0.25) is 14.9 Å². The minimum Gasteiger partial charge on any atom is -0.345 e. The number of nitro groups is 1. The predicted molar refractivity (Wildman–Crippen MR) is 115 cm³/mol. The van der Waals surface area contributed by atoms with Gasteiger partial charge in [0, 0.05) is 43.4 Å². The van der Waals surface area contributed by atoms with Crippen LogP contribution in [0, 0.1) is 30.9 Å². The van der Waals surface area contributed by atoms with E-state index in [1.807, 2.05) is 0 Å². The summed E-state index contributed by atoms with van der Waals surface area (Å²) in [7, 11) is 0. The van der Waals surface area contributed by atoms with E-state index in [-0.39, 0.29) is 11.6 Å². The van der Waals surface area contributed by atoms with Gasteiger partial charge in [0.15, 0.2) is 5.13 Å². The first-order chi connectivity index (χ1) is 13.9. The standard InChI is InChI=1S/C21H22N4O3S/c1-13-7-8-14(2)19-18(13)22-21(29-19)24-11-9-23(10-12-24)20(26)16-5-4-6-17(15(16)3)25(27)28/h4-8H,9-12H2,1-3H3. The SMILES string of the molecule is Cc1c(C(=O)N2CCN(c3nc4c(C)ccc(C)c4s3)CC2)cccc1[N+](=O)[O-]. The van der Waals surface area contributed by atoms with Gasteiger partial charge >= 0.3 is 0 Å². The number of amides is 1. The summed E-state index contributed by atoms with van der Waals surface area (Å²) in [6.45, 7) is 8.32. The molecule has 0 radical (unpaired) electrons. The normalized spacial score (nSPS) is 14.4. The molecule has 0 unspecified atom stereocenters. The molecule has 2 aromatic carbocycles. The van der Waals surface area contributed by atoms with Crippen LogP contribution in [0.3, 0.4) is 0 Å². The largest absolute Gasteiger partial charge is 0.345 e. The van der Waals surface area contributed by atoms with Gasteiger partial charge in [0.2, 0.25) is 0 Å². The molecule has 1 aliphatic heterocycles. The zero-order valence-corrected chi connectivity index (χ0v) is 17.5. The van der Waals surface area contributed by atoms with Crippen LogP contribution in [0.4, 0.5) is 10.8 Å². The summed E-state index contributed by atoms with van der Waals surface area (Å²) in [6.07, 6.45) is 0. The zero-order chi connectivity index (χ0) is 20.7. The molecule has 1 aliphatic rings. The molecule has 0 aliphatic carbocycles.